The molecule has 1 aromatic carbocycles. The maximum atomic E-state index is 5.91. The molecule has 20 heavy (non-hydrogen) atoms. The quantitative estimate of drug-likeness (QED) is 0.868. The number of para-hydroxylation sites is 1. The molecule has 1 aromatic rings. The van der Waals surface area contributed by atoms with Crippen molar-refractivity contribution in [3.8, 4) is 5.75 Å². The predicted octanol–water partition coefficient (Wildman–Crippen LogP) is 2.82. The fourth-order valence-electron chi connectivity index (χ4n) is 3.23. The van der Waals surface area contributed by atoms with Crippen molar-refractivity contribution in [2.45, 2.75) is 38.6 Å². The lowest BCUT2D eigenvalue weighted by atomic mass is 9.84. The van der Waals surface area contributed by atoms with E-state index in [1.165, 1.54) is 31.2 Å². The number of hydrogen-bond acceptors (Lipinski definition) is 3. The number of nitrogens with two attached hydrogens (primary N) is 1. The average molecular weight is 276 g/mol. The maximum absolute atomic E-state index is 5.91. The third-order valence-electron chi connectivity index (χ3n) is 4.53. The van der Waals surface area contributed by atoms with Gasteiger partial charge in [-0.25, -0.2) is 0 Å². The summed E-state index contributed by atoms with van der Waals surface area (Å²) in [5, 5.41) is 0. The molecule has 3 heteroatoms. The van der Waals surface area contributed by atoms with Crippen LogP contribution in [0.1, 0.15) is 31.2 Å². The Bertz CT molecular complexity index is 408. The van der Waals surface area contributed by atoms with Gasteiger partial charge in [-0.2, -0.15) is 0 Å². The molecule has 1 aliphatic rings. The van der Waals surface area contributed by atoms with Gasteiger partial charge in [0.2, 0.25) is 0 Å². The summed E-state index contributed by atoms with van der Waals surface area (Å²) in [6.07, 6.45) is 5.24. The Balaban J connectivity index is 1.79. The summed E-state index contributed by atoms with van der Waals surface area (Å²) in [5.74, 6) is 1.66. The van der Waals surface area contributed by atoms with Crippen molar-refractivity contribution < 1.29 is 4.74 Å². The fourth-order valence-corrected chi connectivity index (χ4v) is 3.23. The first-order valence-electron chi connectivity index (χ1n) is 7.81. The largest absolute Gasteiger partial charge is 0.492 e. The second kappa shape index (κ2) is 7.65. The van der Waals surface area contributed by atoms with Crippen LogP contribution in [0.5, 0.6) is 5.75 Å². The van der Waals surface area contributed by atoms with E-state index in [1.807, 2.05) is 18.2 Å². The first-order chi connectivity index (χ1) is 9.72. The summed E-state index contributed by atoms with van der Waals surface area (Å²) >= 11 is 0. The van der Waals surface area contributed by atoms with Gasteiger partial charge in [0.05, 0.1) is 0 Å². The minimum absolute atomic E-state index is 0.634. The number of hydrogen-bond donors (Lipinski definition) is 1. The van der Waals surface area contributed by atoms with Crippen LogP contribution in [0.2, 0.25) is 0 Å². The lowest BCUT2D eigenvalue weighted by Gasteiger charge is -2.37. The topological polar surface area (TPSA) is 38.5 Å². The Morgan fingerprint density at radius 1 is 1.25 bits per heavy atom. The third kappa shape index (κ3) is 3.97. The van der Waals surface area contributed by atoms with E-state index < -0.39 is 0 Å². The molecule has 1 aliphatic carbocycles. The molecule has 2 unspecified atom stereocenters. The van der Waals surface area contributed by atoms with Crippen molar-refractivity contribution in [2.75, 3.05) is 26.7 Å². The van der Waals surface area contributed by atoms with E-state index in [0.717, 1.165) is 25.4 Å². The zero-order valence-corrected chi connectivity index (χ0v) is 12.8. The van der Waals surface area contributed by atoms with Crippen LogP contribution in [0.25, 0.3) is 0 Å². The smallest absolute Gasteiger partial charge is 0.122 e. The molecule has 0 heterocycles. The van der Waals surface area contributed by atoms with Gasteiger partial charge in [-0.1, -0.05) is 31.0 Å². The van der Waals surface area contributed by atoms with E-state index >= 15 is 0 Å². The summed E-state index contributed by atoms with van der Waals surface area (Å²) in [6.45, 7) is 4.61. The number of likely N-dealkylation sites (N-methyl/N-ethyl adjacent to an activating group) is 1. The molecular weight excluding hydrogens is 248 g/mol. The summed E-state index contributed by atoms with van der Waals surface area (Å²) in [5.41, 5.74) is 7.11. The van der Waals surface area contributed by atoms with Gasteiger partial charge in [0.25, 0.3) is 0 Å². The highest BCUT2D eigenvalue weighted by Crippen LogP contribution is 2.27. The number of benzene rings is 1. The lowest BCUT2D eigenvalue weighted by Crippen LogP contribution is -2.44. The highest BCUT2D eigenvalue weighted by atomic mass is 16.5. The Kier molecular flexibility index (Phi) is 5.86. The SMILES string of the molecule is Cc1ccccc1OCCN(C)C1CCCCC1CN. The standard InChI is InChI=1S/C17H28N2O/c1-14-7-3-6-10-17(14)20-12-11-19(2)16-9-5-4-8-15(16)13-18/h3,6-7,10,15-16H,4-5,8-9,11-13,18H2,1-2H3. The second-order valence-corrected chi connectivity index (χ2v) is 5.94. The molecule has 1 saturated carbocycles. The summed E-state index contributed by atoms with van der Waals surface area (Å²) < 4.78 is 5.89. The van der Waals surface area contributed by atoms with Crippen molar-refractivity contribution in [1.82, 2.24) is 4.90 Å². The van der Waals surface area contributed by atoms with Gasteiger partial charge in [0.15, 0.2) is 0 Å². The molecule has 2 atom stereocenters. The number of aryl methyl sites for hydroxylation is 1. The van der Waals surface area contributed by atoms with Crippen molar-refractivity contribution in [3.05, 3.63) is 29.8 Å². The third-order valence-corrected chi connectivity index (χ3v) is 4.53. The molecule has 0 radical (unpaired) electrons. The number of ether oxygens (including phenoxy) is 1. The zero-order valence-electron chi connectivity index (χ0n) is 12.8. The monoisotopic (exact) mass is 276 g/mol. The van der Waals surface area contributed by atoms with Gasteiger partial charge in [0.1, 0.15) is 12.4 Å². The zero-order chi connectivity index (χ0) is 14.4. The van der Waals surface area contributed by atoms with Crippen LogP contribution in [-0.2, 0) is 0 Å². The van der Waals surface area contributed by atoms with Crippen LogP contribution in [0.4, 0.5) is 0 Å². The maximum Gasteiger partial charge on any atom is 0.122 e. The van der Waals surface area contributed by atoms with Crippen molar-refractivity contribution in [2.24, 2.45) is 11.7 Å². The minimum Gasteiger partial charge on any atom is -0.492 e. The van der Waals surface area contributed by atoms with E-state index in [1.54, 1.807) is 0 Å². The fraction of sp³-hybridized carbons (Fsp3) is 0.647. The molecule has 112 valence electrons. The molecule has 0 aliphatic heterocycles. The van der Waals surface area contributed by atoms with Gasteiger partial charge in [0, 0.05) is 12.6 Å². The van der Waals surface area contributed by atoms with Crippen LogP contribution in [0, 0.1) is 12.8 Å². The second-order valence-electron chi connectivity index (χ2n) is 5.94. The molecular formula is C17H28N2O. The van der Waals surface area contributed by atoms with Crippen molar-refractivity contribution >= 4 is 0 Å². The highest BCUT2D eigenvalue weighted by Gasteiger charge is 2.26. The van der Waals surface area contributed by atoms with Crippen LogP contribution in [0.15, 0.2) is 24.3 Å². The van der Waals surface area contributed by atoms with Crippen LogP contribution in [-0.4, -0.2) is 37.7 Å². The summed E-state index contributed by atoms with van der Waals surface area (Å²) in [6, 6.07) is 8.83. The first-order valence-corrected chi connectivity index (χ1v) is 7.81. The molecule has 0 amide bonds. The molecule has 2 rings (SSSR count). The molecule has 1 fully saturated rings. The lowest BCUT2D eigenvalue weighted by molar-refractivity contribution is 0.115. The molecule has 0 aromatic heterocycles. The molecule has 2 N–H and O–H groups in total. The van der Waals surface area contributed by atoms with Crippen LogP contribution < -0.4 is 10.5 Å². The van der Waals surface area contributed by atoms with Gasteiger partial charge < -0.3 is 10.5 Å². The Hall–Kier alpha value is -1.06. The minimum atomic E-state index is 0.634. The molecule has 0 bridgehead atoms. The van der Waals surface area contributed by atoms with E-state index in [-0.39, 0.29) is 0 Å². The highest BCUT2D eigenvalue weighted by molar-refractivity contribution is 5.31. The van der Waals surface area contributed by atoms with Crippen molar-refractivity contribution in [1.29, 1.82) is 0 Å². The molecule has 3 nitrogen and oxygen atoms in total. The van der Waals surface area contributed by atoms with E-state index in [2.05, 4.69) is 24.9 Å². The molecule has 0 saturated heterocycles. The van der Waals surface area contributed by atoms with Crippen LogP contribution >= 0.6 is 0 Å². The van der Waals surface area contributed by atoms with E-state index in [4.69, 9.17) is 10.5 Å². The Morgan fingerprint density at radius 3 is 2.75 bits per heavy atom. The normalized spacial score (nSPS) is 23.0. The van der Waals surface area contributed by atoms with Crippen molar-refractivity contribution in [3.63, 3.8) is 0 Å². The van der Waals surface area contributed by atoms with Gasteiger partial charge in [-0.3, -0.25) is 4.90 Å². The molecule has 0 spiro atoms. The van der Waals surface area contributed by atoms with E-state index in [0.29, 0.717) is 12.0 Å². The van der Waals surface area contributed by atoms with Gasteiger partial charge >= 0.3 is 0 Å². The summed E-state index contributed by atoms with van der Waals surface area (Å²) in [4.78, 5) is 2.44. The summed E-state index contributed by atoms with van der Waals surface area (Å²) in [7, 11) is 2.21. The number of rotatable bonds is 6. The predicted molar refractivity (Wildman–Crippen MR) is 84.1 cm³/mol. The Labute approximate surface area is 123 Å². The van der Waals surface area contributed by atoms with Gasteiger partial charge in [-0.15, -0.1) is 0 Å². The van der Waals surface area contributed by atoms with Crippen LogP contribution in [0.3, 0.4) is 0 Å². The Morgan fingerprint density at radius 2 is 2.00 bits per heavy atom. The number of nitrogens with zero attached hydrogens (tertiary/aromatic N) is 1. The average Bonchev–Trinajstić information content (AvgIpc) is 2.49. The van der Waals surface area contributed by atoms with Gasteiger partial charge in [-0.05, 0) is 50.9 Å². The first kappa shape index (κ1) is 15.3. The van der Waals surface area contributed by atoms with E-state index in [9.17, 15) is 0 Å².